The molecule has 0 saturated carbocycles. The standard InChI is InChI=1S/C10H11F3O3S/c1-3-8-6-4-5-7(2)9(8)16-17(14,15)10(11,12)13/h4-6H,3H2,1-2H3. The maximum atomic E-state index is 12.2. The van der Waals surface area contributed by atoms with E-state index in [2.05, 4.69) is 4.18 Å². The van der Waals surface area contributed by atoms with Gasteiger partial charge in [0.2, 0.25) is 0 Å². The van der Waals surface area contributed by atoms with E-state index in [-0.39, 0.29) is 5.75 Å². The van der Waals surface area contributed by atoms with Crippen molar-refractivity contribution >= 4 is 10.1 Å². The van der Waals surface area contributed by atoms with Crippen LogP contribution in [0.3, 0.4) is 0 Å². The van der Waals surface area contributed by atoms with E-state index < -0.39 is 15.6 Å². The molecule has 0 saturated heterocycles. The van der Waals surface area contributed by atoms with Crippen LogP contribution in [0.1, 0.15) is 18.1 Å². The summed E-state index contributed by atoms with van der Waals surface area (Å²) in [5, 5.41) is 0. The quantitative estimate of drug-likeness (QED) is 0.625. The SMILES string of the molecule is CCc1cccc(C)c1OS(=O)(=O)C(F)(F)F. The van der Waals surface area contributed by atoms with Crippen LogP contribution < -0.4 is 4.18 Å². The molecule has 0 atom stereocenters. The summed E-state index contributed by atoms with van der Waals surface area (Å²) >= 11 is 0. The lowest BCUT2D eigenvalue weighted by molar-refractivity contribution is -0.0500. The van der Waals surface area contributed by atoms with Gasteiger partial charge in [0.15, 0.2) is 0 Å². The van der Waals surface area contributed by atoms with Gasteiger partial charge in [-0.05, 0) is 24.5 Å². The Morgan fingerprint density at radius 1 is 1.29 bits per heavy atom. The molecule has 0 radical (unpaired) electrons. The third-order valence-electron chi connectivity index (χ3n) is 2.15. The van der Waals surface area contributed by atoms with Crippen LogP contribution in [0.2, 0.25) is 0 Å². The van der Waals surface area contributed by atoms with Crippen molar-refractivity contribution < 1.29 is 25.8 Å². The zero-order valence-electron chi connectivity index (χ0n) is 9.21. The van der Waals surface area contributed by atoms with Crippen molar-refractivity contribution in [3.63, 3.8) is 0 Å². The third kappa shape index (κ3) is 2.91. The Morgan fingerprint density at radius 2 is 1.88 bits per heavy atom. The molecule has 0 aliphatic carbocycles. The van der Waals surface area contributed by atoms with Crippen molar-refractivity contribution in [3.05, 3.63) is 29.3 Å². The molecule has 1 rings (SSSR count). The van der Waals surface area contributed by atoms with E-state index in [1.165, 1.54) is 19.1 Å². The Hall–Kier alpha value is -1.24. The fraction of sp³-hybridized carbons (Fsp3) is 0.400. The normalized spacial score (nSPS) is 12.5. The first-order valence-electron chi connectivity index (χ1n) is 4.78. The fourth-order valence-corrected chi connectivity index (χ4v) is 1.82. The predicted octanol–water partition coefficient (Wildman–Crippen LogP) is 2.79. The van der Waals surface area contributed by atoms with Crippen LogP contribution in [0.25, 0.3) is 0 Å². The lowest BCUT2D eigenvalue weighted by Gasteiger charge is -2.14. The molecule has 0 heterocycles. The largest absolute Gasteiger partial charge is 0.534 e. The molecule has 0 aliphatic heterocycles. The van der Waals surface area contributed by atoms with Gasteiger partial charge in [-0.15, -0.1) is 0 Å². The van der Waals surface area contributed by atoms with Gasteiger partial charge in [0, 0.05) is 0 Å². The third-order valence-corrected chi connectivity index (χ3v) is 3.10. The number of hydrogen-bond donors (Lipinski definition) is 0. The maximum absolute atomic E-state index is 12.2. The van der Waals surface area contributed by atoms with E-state index >= 15 is 0 Å². The molecule has 1 aromatic carbocycles. The maximum Gasteiger partial charge on any atom is 0.534 e. The summed E-state index contributed by atoms with van der Waals surface area (Å²) in [6, 6.07) is 4.63. The highest BCUT2D eigenvalue weighted by Gasteiger charge is 2.48. The highest BCUT2D eigenvalue weighted by Crippen LogP contribution is 2.31. The molecule has 17 heavy (non-hydrogen) atoms. The van der Waals surface area contributed by atoms with Gasteiger partial charge in [-0.3, -0.25) is 0 Å². The topological polar surface area (TPSA) is 43.4 Å². The summed E-state index contributed by atoms with van der Waals surface area (Å²) in [4.78, 5) is 0. The Balaban J connectivity index is 3.21. The Kier molecular flexibility index (Phi) is 3.71. The van der Waals surface area contributed by atoms with Crippen LogP contribution in [-0.4, -0.2) is 13.9 Å². The average Bonchev–Trinajstić information content (AvgIpc) is 2.19. The van der Waals surface area contributed by atoms with Gasteiger partial charge >= 0.3 is 15.6 Å². The second-order valence-electron chi connectivity index (χ2n) is 3.40. The molecule has 0 aliphatic rings. The average molecular weight is 268 g/mol. The zero-order chi connectivity index (χ0) is 13.3. The Bertz CT molecular complexity index is 506. The highest BCUT2D eigenvalue weighted by atomic mass is 32.2. The molecule has 0 unspecified atom stereocenters. The number of halogens is 3. The minimum atomic E-state index is -5.61. The number of aryl methyl sites for hydroxylation is 2. The van der Waals surface area contributed by atoms with Crippen molar-refractivity contribution in [2.45, 2.75) is 25.8 Å². The molecule has 0 amide bonds. The summed E-state index contributed by atoms with van der Waals surface area (Å²) in [6.07, 6.45) is 0.379. The van der Waals surface area contributed by atoms with Crippen LogP contribution >= 0.6 is 0 Å². The first-order valence-corrected chi connectivity index (χ1v) is 6.19. The summed E-state index contributed by atoms with van der Waals surface area (Å²) in [5.74, 6) is -0.243. The van der Waals surface area contributed by atoms with E-state index in [0.29, 0.717) is 17.5 Å². The van der Waals surface area contributed by atoms with Crippen LogP contribution in [0.5, 0.6) is 5.75 Å². The van der Waals surface area contributed by atoms with Crippen LogP contribution in [0.4, 0.5) is 13.2 Å². The highest BCUT2D eigenvalue weighted by molar-refractivity contribution is 7.88. The number of hydrogen-bond acceptors (Lipinski definition) is 3. The lowest BCUT2D eigenvalue weighted by Crippen LogP contribution is -2.28. The number of alkyl halides is 3. The van der Waals surface area contributed by atoms with E-state index in [1.54, 1.807) is 13.0 Å². The van der Waals surface area contributed by atoms with Crippen molar-refractivity contribution in [1.82, 2.24) is 0 Å². The molecule has 0 fully saturated rings. The molecule has 0 spiro atoms. The minimum absolute atomic E-state index is 0.243. The Morgan fingerprint density at radius 3 is 2.35 bits per heavy atom. The summed E-state index contributed by atoms with van der Waals surface area (Å²) < 4.78 is 62.5. The smallest absolute Gasteiger partial charge is 0.375 e. The van der Waals surface area contributed by atoms with Crippen molar-refractivity contribution in [2.24, 2.45) is 0 Å². The molecule has 1 aromatic rings. The van der Waals surface area contributed by atoms with Gasteiger partial charge in [-0.1, -0.05) is 25.1 Å². The first kappa shape index (κ1) is 13.8. The fourth-order valence-electron chi connectivity index (χ4n) is 1.27. The predicted molar refractivity (Wildman–Crippen MR) is 56.2 cm³/mol. The molecular formula is C10H11F3O3S. The molecular weight excluding hydrogens is 257 g/mol. The molecule has 7 heteroatoms. The van der Waals surface area contributed by atoms with Gasteiger partial charge in [0.05, 0.1) is 0 Å². The van der Waals surface area contributed by atoms with Crippen LogP contribution in [0.15, 0.2) is 18.2 Å². The van der Waals surface area contributed by atoms with Crippen LogP contribution in [-0.2, 0) is 16.5 Å². The van der Waals surface area contributed by atoms with Gasteiger partial charge in [-0.25, -0.2) is 0 Å². The monoisotopic (exact) mass is 268 g/mol. The van der Waals surface area contributed by atoms with E-state index in [0.717, 1.165) is 0 Å². The molecule has 3 nitrogen and oxygen atoms in total. The number of rotatable bonds is 3. The summed E-state index contributed by atoms with van der Waals surface area (Å²) in [5.41, 5.74) is -4.66. The van der Waals surface area contributed by atoms with Gasteiger partial charge < -0.3 is 4.18 Å². The van der Waals surface area contributed by atoms with E-state index in [9.17, 15) is 21.6 Å². The summed E-state index contributed by atoms with van der Waals surface area (Å²) in [7, 11) is -5.61. The molecule has 96 valence electrons. The minimum Gasteiger partial charge on any atom is -0.375 e. The lowest BCUT2D eigenvalue weighted by atomic mass is 10.1. The number of para-hydroxylation sites is 1. The molecule has 0 bridgehead atoms. The second kappa shape index (κ2) is 4.56. The zero-order valence-corrected chi connectivity index (χ0v) is 10.0. The molecule has 0 N–H and O–H groups in total. The van der Waals surface area contributed by atoms with Crippen molar-refractivity contribution in [2.75, 3.05) is 0 Å². The van der Waals surface area contributed by atoms with Gasteiger partial charge in [-0.2, -0.15) is 21.6 Å². The number of benzene rings is 1. The van der Waals surface area contributed by atoms with Crippen molar-refractivity contribution in [3.8, 4) is 5.75 Å². The van der Waals surface area contributed by atoms with Gasteiger partial charge in [0.25, 0.3) is 0 Å². The second-order valence-corrected chi connectivity index (χ2v) is 4.94. The summed E-state index contributed by atoms with van der Waals surface area (Å²) in [6.45, 7) is 3.18. The van der Waals surface area contributed by atoms with Gasteiger partial charge in [0.1, 0.15) is 5.75 Å². The van der Waals surface area contributed by atoms with E-state index in [4.69, 9.17) is 0 Å². The van der Waals surface area contributed by atoms with Crippen molar-refractivity contribution in [1.29, 1.82) is 0 Å². The van der Waals surface area contributed by atoms with E-state index in [1.807, 2.05) is 0 Å². The van der Waals surface area contributed by atoms with Crippen LogP contribution in [0, 0.1) is 6.92 Å². The first-order chi connectivity index (χ1) is 7.69. The molecule has 0 aromatic heterocycles. The Labute approximate surface area is 97.3 Å².